The Kier molecular flexibility index (Phi) is 6.74. The van der Waals surface area contributed by atoms with Gasteiger partial charge in [0, 0.05) is 80.7 Å². The van der Waals surface area contributed by atoms with Gasteiger partial charge in [0.25, 0.3) is 5.56 Å². The second-order valence-corrected chi connectivity index (χ2v) is 13.8. The molecule has 2 aromatic rings. The summed E-state index contributed by atoms with van der Waals surface area (Å²) in [5.41, 5.74) is 5.57. The topological polar surface area (TPSA) is 77.9 Å². The smallest absolute Gasteiger partial charge is 0.260 e. The van der Waals surface area contributed by atoms with Crippen LogP contribution in [0, 0.1) is 0 Å². The molecule has 6 rings (SSSR count). The van der Waals surface area contributed by atoms with Gasteiger partial charge in [0.15, 0.2) is 9.84 Å². The zero-order valence-electron chi connectivity index (χ0n) is 22.5. The molecule has 2 atom stereocenters. The van der Waals surface area contributed by atoms with Crippen molar-refractivity contribution in [2.45, 2.75) is 18.5 Å². The Morgan fingerprint density at radius 2 is 1.77 bits per heavy atom. The summed E-state index contributed by atoms with van der Waals surface area (Å²) in [4.78, 5) is 20.8. The van der Waals surface area contributed by atoms with Gasteiger partial charge in [-0.1, -0.05) is 11.6 Å². The molecule has 4 aliphatic rings. The van der Waals surface area contributed by atoms with Crippen LogP contribution in [0.4, 0.5) is 5.69 Å². The maximum atomic E-state index is 13.7. The number of sulfone groups is 1. The number of piperazine rings is 1. The van der Waals surface area contributed by atoms with Crippen LogP contribution in [-0.2, 0) is 16.9 Å². The van der Waals surface area contributed by atoms with E-state index < -0.39 is 9.84 Å². The fraction of sp³-hybridized carbons (Fsp3) is 0.414. The number of nitrogens with zero attached hydrogens (tertiary/aromatic N) is 4. The highest BCUT2D eigenvalue weighted by Gasteiger charge is 2.42. The van der Waals surface area contributed by atoms with Crippen molar-refractivity contribution < 1.29 is 8.42 Å². The van der Waals surface area contributed by atoms with Gasteiger partial charge in [-0.15, -0.1) is 0 Å². The number of aromatic nitrogens is 1. The summed E-state index contributed by atoms with van der Waals surface area (Å²) in [6.45, 7) is 4.96. The lowest BCUT2D eigenvalue weighted by Crippen LogP contribution is -2.53. The van der Waals surface area contributed by atoms with E-state index in [4.69, 9.17) is 11.6 Å². The van der Waals surface area contributed by atoms with E-state index in [1.807, 2.05) is 36.4 Å². The monoisotopic (exact) mass is 567 g/mol. The van der Waals surface area contributed by atoms with Gasteiger partial charge in [-0.2, -0.15) is 0 Å². The van der Waals surface area contributed by atoms with Crippen molar-refractivity contribution in [2.24, 2.45) is 7.05 Å². The molecule has 8 nitrogen and oxygen atoms in total. The molecular formula is C29H34ClN5O3S. The number of halogens is 1. The number of nitrogens with one attached hydrogen (secondary N) is 1. The van der Waals surface area contributed by atoms with Crippen LogP contribution in [-0.4, -0.2) is 86.6 Å². The first-order valence-corrected chi connectivity index (χ1v) is 15.8. The van der Waals surface area contributed by atoms with Crippen molar-refractivity contribution in [3.05, 3.63) is 86.5 Å². The number of anilines is 1. The lowest BCUT2D eigenvalue weighted by molar-refractivity contribution is 0.141. The summed E-state index contributed by atoms with van der Waals surface area (Å²) >= 11 is 6.21. The predicted molar refractivity (Wildman–Crippen MR) is 158 cm³/mol. The SMILES string of the molecule is CN1CCN(CC2CC3C4=C(N2)c2c(ccn(C)c2=O)C(CS(C)(=O)=O)=CC4=CN3c2ccc(Cl)cc2)CC1. The van der Waals surface area contributed by atoms with Gasteiger partial charge < -0.3 is 19.7 Å². The van der Waals surface area contributed by atoms with Crippen LogP contribution in [0.25, 0.3) is 11.3 Å². The van der Waals surface area contributed by atoms with Crippen LogP contribution >= 0.6 is 11.6 Å². The second kappa shape index (κ2) is 9.96. The Balaban J connectivity index is 1.50. The first kappa shape index (κ1) is 26.4. The van der Waals surface area contributed by atoms with Crippen LogP contribution in [0.5, 0.6) is 0 Å². The molecule has 0 radical (unpaired) electrons. The quantitative estimate of drug-likeness (QED) is 0.595. The Hall–Kier alpha value is -2.85. The molecule has 39 heavy (non-hydrogen) atoms. The molecule has 0 bridgehead atoms. The summed E-state index contributed by atoms with van der Waals surface area (Å²) in [5.74, 6) is -0.137. The molecule has 1 saturated heterocycles. The van der Waals surface area contributed by atoms with E-state index in [0.29, 0.717) is 21.7 Å². The van der Waals surface area contributed by atoms with Crippen LogP contribution < -0.4 is 15.8 Å². The molecule has 4 heterocycles. The number of pyridine rings is 1. The molecule has 10 heteroatoms. The van der Waals surface area contributed by atoms with E-state index in [1.165, 1.54) is 6.26 Å². The molecule has 1 aromatic carbocycles. The Bertz CT molecular complexity index is 1570. The molecule has 1 aliphatic carbocycles. The Morgan fingerprint density at radius 3 is 2.46 bits per heavy atom. The second-order valence-electron chi connectivity index (χ2n) is 11.2. The number of fused-ring (bicyclic) bond motifs is 2. The summed E-state index contributed by atoms with van der Waals surface area (Å²) in [7, 11) is 0.554. The van der Waals surface area contributed by atoms with Crippen molar-refractivity contribution in [1.29, 1.82) is 0 Å². The highest BCUT2D eigenvalue weighted by Crippen LogP contribution is 2.45. The molecule has 1 aromatic heterocycles. The number of benzene rings is 1. The molecule has 0 saturated carbocycles. The van der Waals surface area contributed by atoms with Gasteiger partial charge >= 0.3 is 0 Å². The normalized spacial score (nSPS) is 23.5. The Morgan fingerprint density at radius 1 is 1.05 bits per heavy atom. The lowest BCUT2D eigenvalue weighted by Gasteiger charge is -2.40. The maximum absolute atomic E-state index is 13.7. The van der Waals surface area contributed by atoms with E-state index >= 15 is 0 Å². The summed E-state index contributed by atoms with van der Waals surface area (Å²) in [6.07, 6.45) is 7.88. The van der Waals surface area contributed by atoms with E-state index in [2.05, 4.69) is 33.3 Å². The van der Waals surface area contributed by atoms with Crippen molar-refractivity contribution in [3.63, 3.8) is 0 Å². The summed E-state index contributed by atoms with van der Waals surface area (Å²) < 4.78 is 26.6. The van der Waals surface area contributed by atoms with Gasteiger partial charge in [0.2, 0.25) is 0 Å². The number of hydrogen-bond donors (Lipinski definition) is 1. The number of rotatable bonds is 5. The van der Waals surface area contributed by atoms with Crippen molar-refractivity contribution in [2.75, 3.05) is 56.7 Å². The lowest BCUT2D eigenvalue weighted by atomic mass is 9.88. The fourth-order valence-corrected chi connectivity index (χ4v) is 7.18. The van der Waals surface area contributed by atoms with Gasteiger partial charge in [0.05, 0.1) is 23.1 Å². The third-order valence-corrected chi connectivity index (χ3v) is 9.28. The minimum atomic E-state index is -3.34. The molecule has 3 aliphatic heterocycles. The predicted octanol–water partition coefficient (Wildman–Crippen LogP) is 2.57. The van der Waals surface area contributed by atoms with E-state index in [-0.39, 0.29) is 23.4 Å². The van der Waals surface area contributed by atoms with Gasteiger partial charge in [-0.3, -0.25) is 9.69 Å². The maximum Gasteiger partial charge on any atom is 0.260 e. The minimum Gasteiger partial charge on any atom is -0.380 e. The Labute approximate surface area is 234 Å². The summed E-state index contributed by atoms with van der Waals surface area (Å²) in [6, 6.07) is 9.79. The fourth-order valence-electron chi connectivity index (χ4n) is 6.25. The highest BCUT2D eigenvalue weighted by atomic mass is 35.5. The molecule has 0 spiro atoms. The van der Waals surface area contributed by atoms with Crippen molar-refractivity contribution in [3.8, 4) is 0 Å². The first-order chi connectivity index (χ1) is 18.6. The molecule has 0 amide bonds. The van der Waals surface area contributed by atoms with Gasteiger partial charge in [-0.25, -0.2) is 8.42 Å². The number of hydrogen-bond acceptors (Lipinski definition) is 7. The zero-order chi connectivity index (χ0) is 27.5. The van der Waals surface area contributed by atoms with Crippen molar-refractivity contribution >= 4 is 38.4 Å². The highest BCUT2D eigenvalue weighted by molar-refractivity contribution is 7.91. The average molecular weight is 568 g/mol. The van der Waals surface area contributed by atoms with Crippen LogP contribution in [0.1, 0.15) is 17.5 Å². The van der Waals surface area contributed by atoms with Crippen LogP contribution in [0.2, 0.25) is 5.02 Å². The number of likely N-dealkylation sites (N-methyl/N-ethyl adjacent to an activating group) is 1. The molecule has 206 valence electrons. The van der Waals surface area contributed by atoms with E-state index in [9.17, 15) is 13.2 Å². The molecule has 1 N–H and O–H groups in total. The summed E-state index contributed by atoms with van der Waals surface area (Å²) in [5, 5.41) is 4.46. The molecule has 1 fully saturated rings. The average Bonchev–Trinajstić information content (AvgIpc) is 3.17. The number of allylic oxidation sites excluding steroid dienone is 1. The third-order valence-electron chi connectivity index (χ3n) is 8.19. The van der Waals surface area contributed by atoms with E-state index in [0.717, 1.165) is 61.7 Å². The van der Waals surface area contributed by atoms with E-state index in [1.54, 1.807) is 17.8 Å². The van der Waals surface area contributed by atoms with Gasteiger partial charge in [0.1, 0.15) is 0 Å². The standard InChI is InChI=1S/C29H34ClN5O3S/c1-32-10-12-34(13-11-32)17-22-15-25-26-19(16-35(25)23-6-4-21(30)5-7-23)14-20(18-39(3,37)38)24-8-9-33(2)29(36)27(24)28(26)31-22/h4-9,14,16,22,25,31H,10-13,15,17-18H2,1-3H3. The van der Waals surface area contributed by atoms with Crippen LogP contribution in [0.15, 0.2) is 64.7 Å². The third kappa shape index (κ3) is 5.09. The molecular weight excluding hydrogens is 534 g/mol. The molecule has 2 unspecified atom stereocenters. The van der Waals surface area contributed by atoms with Crippen molar-refractivity contribution in [1.82, 2.24) is 19.7 Å². The zero-order valence-corrected chi connectivity index (χ0v) is 24.1. The van der Waals surface area contributed by atoms with Gasteiger partial charge in [-0.05, 0) is 66.6 Å². The number of aryl methyl sites for hydroxylation is 1. The van der Waals surface area contributed by atoms with Crippen LogP contribution in [0.3, 0.4) is 0 Å². The minimum absolute atomic E-state index is 0.00138. The first-order valence-electron chi connectivity index (χ1n) is 13.3. The largest absolute Gasteiger partial charge is 0.380 e.